The van der Waals surface area contributed by atoms with Gasteiger partial charge < -0.3 is 4.57 Å². The van der Waals surface area contributed by atoms with Gasteiger partial charge in [0.2, 0.25) is 0 Å². The summed E-state index contributed by atoms with van der Waals surface area (Å²) in [4.78, 5) is 4.47. The third-order valence-electron chi connectivity index (χ3n) is 2.98. The van der Waals surface area contributed by atoms with Gasteiger partial charge in [-0.25, -0.2) is 4.98 Å². The molecule has 0 aliphatic heterocycles. The van der Waals surface area contributed by atoms with E-state index in [4.69, 9.17) is 11.6 Å². The molecule has 0 radical (unpaired) electrons. The van der Waals surface area contributed by atoms with Crippen molar-refractivity contribution in [2.75, 3.05) is 0 Å². The van der Waals surface area contributed by atoms with Crippen molar-refractivity contribution in [3.8, 4) is 11.5 Å². The van der Waals surface area contributed by atoms with Crippen LogP contribution in [0.4, 0.5) is 0 Å². The van der Waals surface area contributed by atoms with Gasteiger partial charge in [0.25, 0.3) is 0 Å². The number of hydrogen-bond acceptors (Lipinski definition) is 1. The van der Waals surface area contributed by atoms with Crippen LogP contribution in [0, 0.1) is 11.5 Å². The molecule has 1 aromatic heterocycles. The summed E-state index contributed by atoms with van der Waals surface area (Å²) in [6.45, 7) is 8.89. The SMILES string of the molecule is CC(C#C[Si](C)(C)C)c1ccc(Cl)c2c1ncn2C. The third-order valence-corrected chi connectivity index (χ3v) is 4.18. The van der Waals surface area contributed by atoms with Crippen molar-refractivity contribution in [1.29, 1.82) is 0 Å². The van der Waals surface area contributed by atoms with E-state index in [2.05, 4.69) is 43.0 Å². The highest BCUT2D eigenvalue weighted by Crippen LogP contribution is 2.29. The van der Waals surface area contributed by atoms with Crippen molar-refractivity contribution in [3.05, 3.63) is 29.0 Å². The molecule has 0 aliphatic rings. The maximum atomic E-state index is 6.24. The quantitative estimate of drug-likeness (QED) is 0.568. The average molecular weight is 291 g/mol. The Morgan fingerprint density at radius 3 is 2.63 bits per heavy atom. The summed E-state index contributed by atoms with van der Waals surface area (Å²) in [7, 11) is 0.623. The summed E-state index contributed by atoms with van der Waals surface area (Å²) in [5, 5.41) is 0.740. The molecule has 2 aromatic rings. The predicted octanol–water partition coefficient (Wildman–Crippen LogP) is 4.21. The van der Waals surface area contributed by atoms with Gasteiger partial charge in [0, 0.05) is 13.0 Å². The van der Waals surface area contributed by atoms with Crippen LogP contribution in [0.5, 0.6) is 0 Å². The number of benzene rings is 1. The molecule has 1 atom stereocenters. The molecular formula is C15H19ClN2Si. The van der Waals surface area contributed by atoms with Crippen LogP contribution in [-0.4, -0.2) is 17.6 Å². The van der Waals surface area contributed by atoms with E-state index in [1.165, 1.54) is 0 Å². The zero-order valence-electron chi connectivity index (χ0n) is 12.1. The van der Waals surface area contributed by atoms with Gasteiger partial charge in [-0.15, -0.1) is 11.5 Å². The number of aromatic nitrogens is 2. The summed E-state index contributed by atoms with van der Waals surface area (Å²) in [5.74, 6) is 3.56. The van der Waals surface area contributed by atoms with E-state index in [0.29, 0.717) is 0 Å². The van der Waals surface area contributed by atoms with Crippen LogP contribution in [0.2, 0.25) is 24.7 Å². The summed E-state index contributed by atoms with van der Waals surface area (Å²) in [6.07, 6.45) is 1.80. The molecule has 0 saturated carbocycles. The van der Waals surface area contributed by atoms with Gasteiger partial charge in [-0.05, 0) is 18.6 Å². The lowest BCUT2D eigenvalue weighted by molar-refractivity contribution is 0.948. The lowest BCUT2D eigenvalue weighted by atomic mass is 10.0. The van der Waals surface area contributed by atoms with Crippen molar-refractivity contribution in [2.45, 2.75) is 32.5 Å². The van der Waals surface area contributed by atoms with Gasteiger partial charge in [0.15, 0.2) is 0 Å². The van der Waals surface area contributed by atoms with E-state index in [1.54, 1.807) is 6.33 Å². The summed E-state index contributed by atoms with van der Waals surface area (Å²) < 4.78 is 1.96. The topological polar surface area (TPSA) is 17.8 Å². The molecule has 1 aromatic carbocycles. The zero-order chi connectivity index (χ0) is 14.2. The minimum Gasteiger partial charge on any atom is -0.332 e. The predicted molar refractivity (Wildman–Crippen MR) is 85.3 cm³/mol. The van der Waals surface area contributed by atoms with Gasteiger partial charge in [-0.1, -0.05) is 37.3 Å². The molecule has 0 fully saturated rings. The first-order valence-electron chi connectivity index (χ1n) is 6.42. The van der Waals surface area contributed by atoms with Crippen LogP contribution in [0.15, 0.2) is 18.5 Å². The Hall–Kier alpha value is -1.24. The first kappa shape index (κ1) is 14.2. The standard InChI is InChI=1S/C15H19ClN2Si/c1-11(8-9-19(3,4)5)12-6-7-13(16)15-14(12)17-10-18(15)2/h6-7,10-11H,1-5H3. The van der Waals surface area contributed by atoms with Crippen molar-refractivity contribution in [2.24, 2.45) is 7.05 Å². The van der Waals surface area contributed by atoms with Crippen LogP contribution in [0.25, 0.3) is 11.0 Å². The molecule has 0 saturated heterocycles. The largest absolute Gasteiger partial charge is 0.332 e. The molecule has 1 heterocycles. The van der Waals surface area contributed by atoms with Gasteiger partial charge in [-0.3, -0.25) is 0 Å². The Balaban J connectivity index is 2.51. The molecule has 19 heavy (non-hydrogen) atoms. The number of imidazole rings is 1. The lowest BCUT2D eigenvalue weighted by Gasteiger charge is -2.09. The summed E-state index contributed by atoms with van der Waals surface area (Å²) >= 11 is 6.24. The Labute approximate surface area is 120 Å². The molecule has 2 rings (SSSR count). The van der Waals surface area contributed by atoms with E-state index < -0.39 is 8.07 Å². The molecule has 0 aliphatic carbocycles. The Kier molecular flexibility index (Phi) is 3.75. The first-order valence-corrected chi connectivity index (χ1v) is 10.3. The van der Waals surface area contributed by atoms with E-state index in [1.807, 2.05) is 23.7 Å². The second-order valence-electron chi connectivity index (χ2n) is 5.93. The highest BCUT2D eigenvalue weighted by molar-refractivity contribution is 6.83. The molecule has 4 heteroatoms. The molecular weight excluding hydrogens is 272 g/mol. The van der Waals surface area contributed by atoms with Gasteiger partial charge >= 0.3 is 0 Å². The highest BCUT2D eigenvalue weighted by atomic mass is 35.5. The molecule has 0 amide bonds. The molecule has 2 nitrogen and oxygen atoms in total. The van der Waals surface area contributed by atoms with Gasteiger partial charge in [0.1, 0.15) is 8.07 Å². The van der Waals surface area contributed by atoms with Crippen LogP contribution in [0.3, 0.4) is 0 Å². The van der Waals surface area contributed by atoms with Crippen LogP contribution >= 0.6 is 11.6 Å². The van der Waals surface area contributed by atoms with Crippen LogP contribution in [-0.2, 0) is 7.05 Å². The second-order valence-corrected chi connectivity index (χ2v) is 11.1. The second kappa shape index (κ2) is 5.03. The van der Waals surface area contributed by atoms with E-state index >= 15 is 0 Å². The minimum absolute atomic E-state index is 0.182. The van der Waals surface area contributed by atoms with E-state index in [0.717, 1.165) is 21.6 Å². The summed E-state index contributed by atoms with van der Waals surface area (Å²) in [6, 6.07) is 3.98. The number of fused-ring (bicyclic) bond motifs is 1. The summed E-state index contributed by atoms with van der Waals surface area (Å²) in [5.41, 5.74) is 6.54. The number of nitrogens with zero attached hydrogens (tertiary/aromatic N) is 2. The smallest absolute Gasteiger partial charge is 0.129 e. The molecule has 1 unspecified atom stereocenters. The van der Waals surface area contributed by atoms with Crippen molar-refractivity contribution in [1.82, 2.24) is 9.55 Å². The van der Waals surface area contributed by atoms with Crippen molar-refractivity contribution in [3.63, 3.8) is 0 Å². The first-order chi connectivity index (χ1) is 8.79. The van der Waals surface area contributed by atoms with E-state index in [9.17, 15) is 0 Å². The highest BCUT2D eigenvalue weighted by Gasteiger charge is 2.14. The maximum Gasteiger partial charge on any atom is 0.129 e. The molecule has 0 N–H and O–H groups in total. The fraction of sp³-hybridized carbons (Fsp3) is 0.400. The number of hydrogen-bond donors (Lipinski definition) is 0. The van der Waals surface area contributed by atoms with Crippen LogP contribution in [0.1, 0.15) is 18.4 Å². The fourth-order valence-corrected chi connectivity index (χ4v) is 2.93. The average Bonchev–Trinajstić information content (AvgIpc) is 2.69. The lowest BCUT2D eigenvalue weighted by Crippen LogP contribution is -2.16. The van der Waals surface area contributed by atoms with Crippen LogP contribution < -0.4 is 0 Å². The number of aryl methyl sites for hydroxylation is 1. The van der Waals surface area contributed by atoms with E-state index in [-0.39, 0.29) is 5.92 Å². The van der Waals surface area contributed by atoms with Crippen molar-refractivity contribution < 1.29 is 0 Å². The third kappa shape index (κ3) is 3.02. The Bertz CT molecular complexity index is 671. The van der Waals surface area contributed by atoms with Gasteiger partial charge in [0.05, 0.1) is 22.4 Å². The Morgan fingerprint density at radius 2 is 2.00 bits per heavy atom. The molecule has 100 valence electrons. The maximum absolute atomic E-state index is 6.24. The number of halogens is 1. The van der Waals surface area contributed by atoms with Gasteiger partial charge in [-0.2, -0.15) is 0 Å². The number of rotatable bonds is 1. The normalized spacial score (nSPS) is 13.2. The molecule has 0 bridgehead atoms. The Morgan fingerprint density at radius 1 is 1.32 bits per heavy atom. The fourth-order valence-electron chi connectivity index (χ4n) is 2.00. The monoisotopic (exact) mass is 290 g/mol. The van der Waals surface area contributed by atoms with Crippen molar-refractivity contribution >= 4 is 30.7 Å². The zero-order valence-corrected chi connectivity index (χ0v) is 13.8. The minimum atomic E-state index is -1.34. The molecule has 0 spiro atoms.